The molecule has 0 atom stereocenters. The molecule has 3 rings (SSSR count). The summed E-state index contributed by atoms with van der Waals surface area (Å²) in [4.78, 5) is 36.8. The minimum absolute atomic E-state index is 0.164. The van der Waals surface area contributed by atoms with Gasteiger partial charge in [-0.1, -0.05) is 38.0 Å². The third-order valence-corrected chi connectivity index (χ3v) is 4.52. The van der Waals surface area contributed by atoms with Crippen LogP contribution in [0, 0.1) is 0 Å². The van der Waals surface area contributed by atoms with Gasteiger partial charge in [-0.05, 0) is 36.8 Å². The van der Waals surface area contributed by atoms with Gasteiger partial charge in [0, 0.05) is 30.2 Å². The Balaban J connectivity index is 1.91. The average molecular weight is 392 g/mol. The third kappa shape index (κ3) is 4.87. The predicted octanol–water partition coefficient (Wildman–Crippen LogP) is 3.80. The number of nitrogens with one attached hydrogen (secondary N) is 2. The van der Waals surface area contributed by atoms with Crippen molar-refractivity contribution < 1.29 is 9.59 Å². The number of nitrogens with zero attached hydrogens (tertiary/aromatic N) is 2. The summed E-state index contributed by atoms with van der Waals surface area (Å²) in [5.41, 5.74) is 1.23. The van der Waals surface area contributed by atoms with Crippen molar-refractivity contribution >= 4 is 34.0 Å². The van der Waals surface area contributed by atoms with Crippen LogP contribution in [0.1, 0.15) is 43.6 Å². The summed E-state index contributed by atoms with van der Waals surface area (Å²) in [5, 5.41) is 10.9. The Hall–Kier alpha value is -3.48. The molecule has 0 aliphatic heterocycles. The number of anilines is 2. The molecule has 7 heteroatoms. The van der Waals surface area contributed by atoms with Gasteiger partial charge in [0.25, 0.3) is 11.5 Å². The van der Waals surface area contributed by atoms with Crippen molar-refractivity contribution in [2.75, 3.05) is 10.6 Å². The molecule has 7 nitrogen and oxygen atoms in total. The molecular weight excluding hydrogens is 368 g/mol. The molecule has 0 radical (unpaired) electrons. The van der Waals surface area contributed by atoms with Crippen LogP contribution in [0.25, 0.3) is 10.8 Å². The minimum Gasteiger partial charge on any atom is -0.326 e. The molecule has 2 N–H and O–H groups in total. The number of aryl methyl sites for hydroxylation is 1. The Morgan fingerprint density at radius 1 is 0.931 bits per heavy atom. The van der Waals surface area contributed by atoms with E-state index in [0.717, 1.165) is 19.3 Å². The van der Waals surface area contributed by atoms with Crippen LogP contribution in [0.4, 0.5) is 11.4 Å². The van der Waals surface area contributed by atoms with Gasteiger partial charge in [-0.25, -0.2) is 4.68 Å². The Labute approximate surface area is 168 Å². The molecule has 0 bridgehead atoms. The molecule has 2 amide bonds. The van der Waals surface area contributed by atoms with E-state index in [9.17, 15) is 14.4 Å². The lowest BCUT2D eigenvalue weighted by molar-refractivity contribution is -0.114. The second-order valence-corrected chi connectivity index (χ2v) is 6.84. The van der Waals surface area contributed by atoms with Crippen molar-refractivity contribution in [3.05, 3.63) is 64.6 Å². The number of aromatic nitrogens is 2. The van der Waals surface area contributed by atoms with E-state index in [-0.39, 0.29) is 17.2 Å². The van der Waals surface area contributed by atoms with Crippen LogP contribution in [0.3, 0.4) is 0 Å². The minimum atomic E-state index is -0.391. The monoisotopic (exact) mass is 392 g/mol. The van der Waals surface area contributed by atoms with Gasteiger partial charge >= 0.3 is 0 Å². The number of carbonyl (C=O) groups is 2. The summed E-state index contributed by atoms with van der Waals surface area (Å²) < 4.78 is 1.38. The van der Waals surface area contributed by atoms with E-state index in [1.54, 1.807) is 48.5 Å². The van der Waals surface area contributed by atoms with E-state index in [4.69, 9.17) is 0 Å². The molecule has 0 aliphatic rings. The summed E-state index contributed by atoms with van der Waals surface area (Å²) in [6.07, 6.45) is 2.85. The molecule has 0 saturated carbocycles. The number of amides is 2. The van der Waals surface area contributed by atoms with Gasteiger partial charge in [0.05, 0.1) is 5.39 Å². The summed E-state index contributed by atoms with van der Waals surface area (Å²) in [5.74, 6) is -0.555. The van der Waals surface area contributed by atoms with Crippen molar-refractivity contribution in [1.82, 2.24) is 9.78 Å². The zero-order valence-electron chi connectivity index (χ0n) is 16.6. The Morgan fingerprint density at radius 3 is 2.17 bits per heavy atom. The standard InChI is InChI=1S/C22H24N4O3/c1-3-4-7-14-26-22(29)19-9-6-5-8-18(19)20(25-26)21(28)24-17-12-10-16(11-13-17)23-15(2)27/h5-6,8-13H,3-4,7,14H2,1-2H3,(H,23,27)(H,24,28). The van der Waals surface area contributed by atoms with E-state index in [1.165, 1.54) is 11.6 Å². The van der Waals surface area contributed by atoms with Gasteiger partial charge in [-0.2, -0.15) is 5.10 Å². The molecular formula is C22H24N4O3. The number of fused-ring (bicyclic) bond motifs is 1. The van der Waals surface area contributed by atoms with E-state index in [1.807, 2.05) is 0 Å². The summed E-state index contributed by atoms with van der Waals surface area (Å²) >= 11 is 0. The first-order chi connectivity index (χ1) is 14.0. The number of rotatable bonds is 7. The van der Waals surface area contributed by atoms with E-state index >= 15 is 0 Å². The molecule has 1 heterocycles. The molecule has 0 unspecified atom stereocenters. The fraction of sp³-hybridized carbons (Fsp3) is 0.273. The highest BCUT2D eigenvalue weighted by Gasteiger charge is 2.16. The quantitative estimate of drug-likeness (QED) is 0.598. The second-order valence-electron chi connectivity index (χ2n) is 6.84. The summed E-state index contributed by atoms with van der Waals surface area (Å²) in [6, 6.07) is 13.8. The first-order valence-corrected chi connectivity index (χ1v) is 9.68. The van der Waals surface area contributed by atoms with Crippen LogP contribution in [-0.2, 0) is 11.3 Å². The first kappa shape index (κ1) is 20.3. The van der Waals surface area contributed by atoms with Crippen LogP contribution >= 0.6 is 0 Å². The van der Waals surface area contributed by atoms with E-state index in [0.29, 0.717) is 28.7 Å². The van der Waals surface area contributed by atoms with Gasteiger partial charge in [-0.15, -0.1) is 0 Å². The number of hydrogen-bond acceptors (Lipinski definition) is 4. The highest BCUT2D eigenvalue weighted by Crippen LogP contribution is 2.18. The summed E-state index contributed by atoms with van der Waals surface area (Å²) in [6.45, 7) is 4.00. The van der Waals surface area contributed by atoms with Crippen LogP contribution < -0.4 is 16.2 Å². The SMILES string of the molecule is CCCCCn1nc(C(=O)Nc2ccc(NC(C)=O)cc2)c2ccccc2c1=O. The van der Waals surface area contributed by atoms with Crippen LogP contribution in [0.2, 0.25) is 0 Å². The van der Waals surface area contributed by atoms with Crippen molar-refractivity contribution in [1.29, 1.82) is 0 Å². The van der Waals surface area contributed by atoms with Gasteiger partial charge < -0.3 is 10.6 Å². The molecule has 2 aromatic carbocycles. The maximum atomic E-state index is 12.9. The van der Waals surface area contributed by atoms with Crippen molar-refractivity contribution in [3.8, 4) is 0 Å². The van der Waals surface area contributed by atoms with Crippen LogP contribution in [0.5, 0.6) is 0 Å². The number of carbonyl (C=O) groups excluding carboxylic acids is 2. The smallest absolute Gasteiger partial charge is 0.276 e. The zero-order valence-corrected chi connectivity index (χ0v) is 16.6. The fourth-order valence-electron chi connectivity index (χ4n) is 3.10. The summed E-state index contributed by atoms with van der Waals surface area (Å²) in [7, 11) is 0. The lowest BCUT2D eigenvalue weighted by atomic mass is 10.1. The maximum Gasteiger partial charge on any atom is 0.276 e. The molecule has 3 aromatic rings. The van der Waals surface area contributed by atoms with Gasteiger partial charge in [0.1, 0.15) is 0 Å². The van der Waals surface area contributed by atoms with Crippen molar-refractivity contribution in [2.24, 2.45) is 0 Å². The first-order valence-electron chi connectivity index (χ1n) is 9.68. The number of hydrogen-bond donors (Lipinski definition) is 2. The molecule has 0 fully saturated rings. The molecule has 0 aliphatic carbocycles. The van der Waals surface area contributed by atoms with Gasteiger partial charge in [0.15, 0.2) is 5.69 Å². The molecule has 1 aromatic heterocycles. The molecule has 0 saturated heterocycles. The third-order valence-electron chi connectivity index (χ3n) is 4.52. The van der Waals surface area contributed by atoms with Crippen molar-refractivity contribution in [3.63, 3.8) is 0 Å². The van der Waals surface area contributed by atoms with Gasteiger partial charge in [-0.3, -0.25) is 14.4 Å². The predicted molar refractivity (Wildman–Crippen MR) is 114 cm³/mol. The topological polar surface area (TPSA) is 93.1 Å². The molecule has 150 valence electrons. The fourth-order valence-corrected chi connectivity index (χ4v) is 3.10. The van der Waals surface area contributed by atoms with E-state index < -0.39 is 5.91 Å². The largest absolute Gasteiger partial charge is 0.326 e. The highest BCUT2D eigenvalue weighted by molar-refractivity contribution is 6.11. The Bertz CT molecular complexity index is 1090. The second kappa shape index (κ2) is 9.14. The van der Waals surface area contributed by atoms with Crippen LogP contribution in [-0.4, -0.2) is 21.6 Å². The Kier molecular flexibility index (Phi) is 6.39. The van der Waals surface area contributed by atoms with Gasteiger partial charge in [0.2, 0.25) is 5.91 Å². The molecule has 0 spiro atoms. The number of unbranched alkanes of at least 4 members (excludes halogenated alkanes) is 2. The highest BCUT2D eigenvalue weighted by atomic mass is 16.2. The lowest BCUT2D eigenvalue weighted by Crippen LogP contribution is -2.27. The zero-order chi connectivity index (χ0) is 20.8. The molecule has 29 heavy (non-hydrogen) atoms. The van der Waals surface area contributed by atoms with Crippen molar-refractivity contribution in [2.45, 2.75) is 39.7 Å². The van der Waals surface area contributed by atoms with E-state index in [2.05, 4.69) is 22.7 Å². The number of benzene rings is 2. The normalized spacial score (nSPS) is 10.7. The Morgan fingerprint density at radius 2 is 1.55 bits per heavy atom. The lowest BCUT2D eigenvalue weighted by Gasteiger charge is -2.11. The maximum absolute atomic E-state index is 12.9. The van der Waals surface area contributed by atoms with Crippen LogP contribution in [0.15, 0.2) is 53.3 Å². The average Bonchev–Trinajstić information content (AvgIpc) is 2.71.